The first kappa shape index (κ1) is 9.84. The number of H-pyrrole nitrogens is 1. The summed E-state index contributed by atoms with van der Waals surface area (Å²) in [5, 5.41) is 3.39. The number of aromatic nitrogens is 1. The lowest BCUT2D eigenvalue weighted by molar-refractivity contribution is 0.177. The molecule has 2 N–H and O–H groups in total. The van der Waals surface area contributed by atoms with Gasteiger partial charge in [-0.25, -0.2) is 4.79 Å². The van der Waals surface area contributed by atoms with Crippen molar-refractivity contribution in [3.8, 4) is 0 Å². The number of hydrogen-bond donors (Lipinski definition) is 2. The van der Waals surface area contributed by atoms with Gasteiger partial charge in [-0.15, -0.1) is 0 Å². The van der Waals surface area contributed by atoms with E-state index < -0.39 is 25.2 Å². The second kappa shape index (κ2) is 5.77. The van der Waals surface area contributed by atoms with E-state index in [-0.39, 0.29) is 6.42 Å². The number of rotatable bonds is 5. The van der Waals surface area contributed by atoms with E-state index in [1.54, 1.807) is 20.3 Å². The fourth-order valence-corrected chi connectivity index (χ4v) is 2.40. The van der Waals surface area contributed by atoms with Crippen LogP contribution in [0.25, 0.3) is 10.9 Å². The molecule has 1 amide bonds. The van der Waals surface area contributed by atoms with Gasteiger partial charge in [-0.05, 0) is 50.2 Å². The standard InChI is InChI=1S/C16H21N3O2/c1-19(2)6-5-12-9-17-15-4-3-11(8-14(12)15)7-13-10-21-16(20)18-13/h3-4,8-9,13,17H,5-7,10H2,1-2H3,(H,18,20)/t13-/m0/s1/i6D2,10D2. The predicted octanol–water partition coefficient (Wildman–Crippen LogP) is 1.92. The molecule has 112 valence electrons. The number of hydrogen-bond acceptors (Lipinski definition) is 3. The normalized spacial score (nSPS) is 24.1. The molecule has 2 heterocycles. The van der Waals surface area contributed by atoms with Gasteiger partial charge in [0, 0.05) is 26.3 Å². The van der Waals surface area contributed by atoms with Gasteiger partial charge in [-0.3, -0.25) is 0 Å². The molecule has 1 aromatic carbocycles. The minimum absolute atomic E-state index is 0.230. The number of aromatic amines is 1. The third-order valence-corrected chi connectivity index (χ3v) is 3.44. The zero-order valence-electron chi connectivity index (χ0n) is 16.1. The monoisotopic (exact) mass is 291 g/mol. The number of carbonyl (C=O) groups excluding carboxylic acids is 1. The van der Waals surface area contributed by atoms with Gasteiger partial charge in [0.2, 0.25) is 0 Å². The molecule has 3 rings (SSSR count). The van der Waals surface area contributed by atoms with Gasteiger partial charge in [0.05, 0.1) is 8.78 Å². The highest BCUT2D eigenvalue weighted by Crippen LogP contribution is 2.21. The van der Waals surface area contributed by atoms with Gasteiger partial charge >= 0.3 is 6.09 Å². The summed E-state index contributed by atoms with van der Waals surface area (Å²) in [6.45, 7) is -3.52. The van der Waals surface area contributed by atoms with E-state index in [1.165, 1.54) is 4.90 Å². The van der Waals surface area contributed by atoms with E-state index in [4.69, 9.17) is 5.48 Å². The zero-order valence-corrected chi connectivity index (χ0v) is 12.1. The molecular weight excluding hydrogens is 266 g/mol. The minimum atomic E-state index is -2.05. The Labute approximate surface area is 129 Å². The maximum Gasteiger partial charge on any atom is 0.407 e. The van der Waals surface area contributed by atoms with E-state index in [9.17, 15) is 4.79 Å². The molecule has 2 aromatic rings. The molecule has 0 aliphatic carbocycles. The number of aryl methyl sites for hydroxylation is 1. The average Bonchev–Trinajstić information content (AvgIpc) is 2.99. The van der Waals surface area contributed by atoms with Gasteiger partial charge in [0.25, 0.3) is 0 Å². The summed E-state index contributed by atoms with van der Waals surface area (Å²) in [5.41, 5.74) is 2.59. The highest BCUT2D eigenvalue weighted by atomic mass is 16.6. The third kappa shape index (κ3) is 3.19. The maximum atomic E-state index is 11.3. The van der Waals surface area contributed by atoms with Crippen LogP contribution in [0.1, 0.15) is 16.6 Å². The Kier molecular flexibility index (Phi) is 2.71. The van der Waals surface area contributed by atoms with E-state index in [0.717, 1.165) is 22.0 Å². The van der Waals surface area contributed by atoms with Crippen molar-refractivity contribution in [2.45, 2.75) is 18.9 Å². The summed E-state index contributed by atoms with van der Waals surface area (Å²) in [4.78, 5) is 16.0. The Bertz CT molecular complexity index is 804. The van der Waals surface area contributed by atoms with E-state index in [0.29, 0.717) is 6.42 Å². The second-order valence-corrected chi connectivity index (χ2v) is 5.33. The summed E-state index contributed by atoms with van der Waals surface area (Å²) < 4.78 is 36.4. The number of likely N-dealkylation sites (N-methyl/N-ethyl adjacent to an activating group) is 1. The number of nitrogens with zero attached hydrogens (tertiary/aromatic N) is 1. The Hall–Kier alpha value is -2.01. The Morgan fingerprint density at radius 1 is 1.52 bits per heavy atom. The SMILES string of the molecule is [2H]C1([2H])OC(=O)N[C@H]1Cc1ccc2[nH]cc(CC([2H])([2H])N(C)C)c2c1. The van der Waals surface area contributed by atoms with Crippen molar-refractivity contribution in [3.05, 3.63) is 35.5 Å². The van der Waals surface area contributed by atoms with Crippen molar-refractivity contribution in [1.82, 2.24) is 15.2 Å². The van der Waals surface area contributed by atoms with Gasteiger partial charge < -0.3 is 19.9 Å². The number of alkyl carbamates (subject to hydrolysis) is 1. The van der Waals surface area contributed by atoms with Crippen LogP contribution in [-0.2, 0) is 17.6 Å². The summed E-state index contributed by atoms with van der Waals surface area (Å²) in [6.07, 6.45) is 1.57. The number of amides is 1. The molecule has 1 atom stereocenters. The first-order valence-corrected chi connectivity index (χ1v) is 6.84. The van der Waals surface area contributed by atoms with Gasteiger partial charge in [-0.2, -0.15) is 0 Å². The lowest BCUT2D eigenvalue weighted by atomic mass is 10.0. The van der Waals surface area contributed by atoms with Crippen molar-refractivity contribution in [1.29, 1.82) is 0 Å². The van der Waals surface area contributed by atoms with Crippen LogP contribution in [0.15, 0.2) is 24.4 Å². The fraction of sp³-hybridized carbons (Fsp3) is 0.438. The summed E-state index contributed by atoms with van der Waals surface area (Å²) in [6, 6.07) is 4.90. The molecular formula is C16H21N3O2. The fourth-order valence-electron chi connectivity index (χ4n) is 2.40. The van der Waals surface area contributed by atoms with Crippen molar-refractivity contribution >= 4 is 17.0 Å². The first-order valence-electron chi connectivity index (χ1n) is 8.84. The molecule has 1 saturated heterocycles. The molecule has 0 spiro atoms. The van der Waals surface area contributed by atoms with Crippen LogP contribution >= 0.6 is 0 Å². The van der Waals surface area contributed by atoms with Crippen molar-refractivity contribution in [3.63, 3.8) is 0 Å². The Morgan fingerprint density at radius 3 is 3.10 bits per heavy atom. The van der Waals surface area contributed by atoms with Crippen LogP contribution in [0.3, 0.4) is 0 Å². The number of ether oxygens (including phenoxy) is 1. The molecule has 5 heteroatoms. The molecule has 21 heavy (non-hydrogen) atoms. The molecule has 1 aromatic heterocycles. The summed E-state index contributed by atoms with van der Waals surface area (Å²) in [7, 11) is 3.40. The maximum absolute atomic E-state index is 11.3. The van der Waals surface area contributed by atoms with Crippen LogP contribution in [-0.4, -0.2) is 49.2 Å². The molecule has 0 radical (unpaired) electrons. The van der Waals surface area contributed by atoms with Gasteiger partial charge in [0.1, 0.15) is 6.56 Å². The van der Waals surface area contributed by atoms with Gasteiger partial charge in [-0.1, -0.05) is 6.07 Å². The summed E-state index contributed by atoms with van der Waals surface area (Å²) >= 11 is 0. The topological polar surface area (TPSA) is 57.4 Å². The second-order valence-electron chi connectivity index (χ2n) is 5.33. The lowest BCUT2D eigenvalue weighted by Crippen LogP contribution is -2.28. The first-order chi connectivity index (χ1) is 11.6. The van der Waals surface area contributed by atoms with E-state index in [2.05, 4.69) is 15.0 Å². The van der Waals surface area contributed by atoms with Crippen LogP contribution < -0.4 is 5.32 Å². The molecule has 0 saturated carbocycles. The highest BCUT2D eigenvalue weighted by molar-refractivity contribution is 5.84. The highest BCUT2D eigenvalue weighted by Gasteiger charge is 2.22. The van der Waals surface area contributed by atoms with Crippen molar-refractivity contribution in [2.24, 2.45) is 0 Å². The quantitative estimate of drug-likeness (QED) is 0.885. The lowest BCUT2D eigenvalue weighted by Gasteiger charge is -2.09. The van der Waals surface area contributed by atoms with Crippen molar-refractivity contribution < 1.29 is 15.0 Å². The molecule has 0 unspecified atom stereocenters. The Morgan fingerprint density at radius 2 is 2.38 bits per heavy atom. The van der Waals surface area contributed by atoms with E-state index in [1.807, 2.05) is 18.2 Å². The average molecular weight is 291 g/mol. The molecule has 0 bridgehead atoms. The molecule has 1 fully saturated rings. The van der Waals surface area contributed by atoms with Crippen molar-refractivity contribution in [2.75, 3.05) is 27.2 Å². The Balaban J connectivity index is 1.87. The number of fused-ring (bicyclic) bond motifs is 1. The number of nitrogens with one attached hydrogen (secondary N) is 2. The number of benzene rings is 1. The van der Waals surface area contributed by atoms with Gasteiger partial charge in [0.15, 0.2) is 0 Å². The molecule has 1 aliphatic heterocycles. The van der Waals surface area contributed by atoms with Crippen LogP contribution in [0.4, 0.5) is 4.79 Å². The van der Waals surface area contributed by atoms with Crippen LogP contribution in [0.2, 0.25) is 0 Å². The smallest absolute Gasteiger partial charge is 0.407 e. The zero-order chi connectivity index (χ0) is 18.4. The minimum Gasteiger partial charge on any atom is -0.447 e. The van der Waals surface area contributed by atoms with Crippen LogP contribution in [0, 0.1) is 0 Å². The van der Waals surface area contributed by atoms with E-state index >= 15 is 0 Å². The summed E-state index contributed by atoms with van der Waals surface area (Å²) in [5.74, 6) is 0. The number of carbonyl (C=O) groups is 1. The van der Waals surface area contributed by atoms with Crippen LogP contribution in [0.5, 0.6) is 0 Å². The third-order valence-electron chi connectivity index (χ3n) is 3.44. The number of cyclic esters (lactones) is 1. The predicted molar refractivity (Wildman–Crippen MR) is 82.5 cm³/mol. The molecule has 1 aliphatic rings. The largest absolute Gasteiger partial charge is 0.447 e. The molecule has 5 nitrogen and oxygen atoms in total.